The summed E-state index contributed by atoms with van der Waals surface area (Å²) in [4.78, 5) is 38.2. The number of rotatable bonds is 6. The molecule has 0 spiro atoms. The lowest BCUT2D eigenvalue weighted by molar-refractivity contribution is 0.0946. The maximum atomic E-state index is 13.1. The molecule has 0 saturated heterocycles. The third-order valence-electron chi connectivity index (χ3n) is 4.77. The lowest BCUT2D eigenvalue weighted by atomic mass is 9.92. The second kappa shape index (κ2) is 8.31. The summed E-state index contributed by atoms with van der Waals surface area (Å²) in [5.41, 5.74) is 2.52. The van der Waals surface area contributed by atoms with Crippen LogP contribution in [0.1, 0.15) is 51.2 Å². The Bertz CT molecular complexity index is 913. The molecule has 1 aliphatic rings. The Hall–Kier alpha value is -2.73. The highest BCUT2D eigenvalue weighted by molar-refractivity contribution is 6.01. The minimum atomic E-state index is -0.460. The first kappa shape index (κ1) is 19.0. The molecule has 0 saturated carbocycles. The van der Waals surface area contributed by atoms with E-state index in [0.717, 1.165) is 5.56 Å². The van der Waals surface area contributed by atoms with E-state index >= 15 is 0 Å². The molecule has 6 heteroatoms. The number of methoxy groups -OCH3 is 1. The number of carbonyl (C=O) groups is 2. The molecule has 1 amide bonds. The predicted octanol–water partition coefficient (Wildman–Crippen LogP) is 2.43. The van der Waals surface area contributed by atoms with E-state index < -0.39 is 11.5 Å². The molecule has 27 heavy (non-hydrogen) atoms. The number of Topliss-reactive ketones (excluding diaryl/α,β-unsaturated/α-hetero) is 1. The van der Waals surface area contributed by atoms with E-state index in [1.54, 1.807) is 7.11 Å². The monoisotopic (exact) mass is 368 g/mol. The Kier molecular flexibility index (Phi) is 5.86. The Balaban J connectivity index is 2.07. The highest BCUT2D eigenvalue weighted by Gasteiger charge is 2.26. The number of nitrogens with one attached hydrogen (secondary N) is 1. The van der Waals surface area contributed by atoms with Gasteiger partial charge in [-0.1, -0.05) is 17.7 Å². The summed E-state index contributed by atoms with van der Waals surface area (Å²) < 4.78 is 6.49. The second-order valence-corrected chi connectivity index (χ2v) is 6.77. The van der Waals surface area contributed by atoms with Crippen molar-refractivity contribution in [2.24, 2.45) is 0 Å². The molecule has 0 atom stereocenters. The zero-order valence-corrected chi connectivity index (χ0v) is 15.7. The van der Waals surface area contributed by atoms with Gasteiger partial charge in [0.05, 0.1) is 0 Å². The molecule has 3 rings (SSSR count). The highest BCUT2D eigenvalue weighted by atomic mass is 16.5. The van der Waals surface area contributed by atoms with E-state index in [0.29, 0.717) is 55.8 Å². The summed E-state index contributed by atoms with van der Waals surface area (Å²) in [5, 5.41) is 2.74. The van der Waals surface area contributed by atoms with E-state index in [4.69, 9.17) is 4.74 Å². The normalized spacial score (nSPS) is 13.3. The molecule has 0 aliphatic heterocycles. The number of ether oxygens (including phenoxy) is 1. The number of aromatic nitrogens is 1. The molecule has 0 fully saturated rings. The summed E-state index contributed by atoms with van der Waals surface area (Å²) in [6.07, 6.45) is 2.44. The average Bonchev–Trinajstić information content (AvgIpc) is 2.66. The number of hydrogen-bond donors (Lipinski definition) is 1. The molecule has 1 aliphatic carbocycles. The third kappa shape index (κ3) is 4.01. The van der Waals surface area contributed by atoms with Gasteiger partial charge < -0.3 is 10.1 Å². The lowest BCUT2D eigenvalue weighted by Crippen LogP contribution is -2.36. The maximum Gasteiger partial charge on any atom is 0.268 e. The van der Waals surface area contributed by atoms with Crippen molar-refractivity contribution in [3.8, 4) is 5.69 Å². The average molecular weight is 368 g/mol. The highest BCUT2D eigenvalue weighted by Crippen LogP contribution is 2.23. The van der Waals surface area contributed by atoms with Crippen LogP contribution in [0.5, 0.6) is 0 Å². The van der Waals surface area contributed by atoms with Gasteiger partial charge in [0.15, 0.2) is 5.78 Å². The molecule has 1 aromatic heterocycles. The SMILES string of the molecule is COCCCNC(=O)c1cc2c(n(-c3ccc(C)cc3)c1=O)CCCC2=O. The van der Waals surface area contributed by atoms with Crippen LogP contribution in [0, 0.1) is 6.92 Å². The number of ketones is 1. The number of aryl methyl sites for hydroxylation is 1. The van der Waals surface area contributed by atoms with Crippen LogP contribution >= 0.6 is 0 Å². The number of benzene rings is 1. The van der Waals surface area contributed by atoms with E-state index in [2.05, 4.69) is 5.32 Å². The fraction of sp³-hybridized carbons (Fsp3) is 0.381. The predicted molar refractivity (Wildman–Crippen MR) is 103 cm³/mol. The van der Waals surface area contributed by atoms with Gasteiger partial charge in [-0.05, 0) is 44.4 Å². The number of amides is 1. The lowest BCUT2D eigenvalue weighted by Gasteiger charge is -2.21. The molecule has 0 bridgehead atoms. The first-order valence-corrected chi connectivity index (χ1v) is 9.19. The van der Waals surface area contributed by atoms with Crippen LogP contribution in [0.2, 0.25) is 0 Å². The van der Waals surface area contributed by atoms with Crippen molar-refractivity contribution in [2.45, 2.75) is 32.6 Å². The summed E-state index contributed by atoms with van der Waals surface area (Å²) in [6, 6.07) is 8.98. The van der Waals surface area contributed by atoms with Crippen molar-refractivity contribution in [1.82, 2.24) is 9.88 Å². The van der Waals surface area contributed by atoms with Gasteiger partial charge in [-0.15, -0.1) is 0 Å². The summed E-state index contributed by atoms with van der Waals surface area (Å²) in [7, 11) is 1.59. The van der Waals surface area contributed by atoms with Crippen LogP contribution < -0.4 is 10.9 Å². The van der Waals surface area contributed by atoms with Crippen molar-refractivity contribution in [2.75, 3.05) is 20.3 Å². The molecule has 1 aromatic carbocycles. The van der Waals surface area contributed by atoms with Crippen LogP contribution in [-0.4, -0.2) is 36.5 Å². The van der Waals surface area contributed by atoms with Gasteiger partial charge >= 0.3 is 0 Å². The quantitative estimate of drug-likeness (QED) is 0.795. The zero-order chi connectivity index (χ0) is 19.4. The Morgan fingerprint density at radius 3 is 2.63 bits per heavy atom. The molecule has 6 nitrogen and oxygen atoms in total. The number of fused-ring (bicyclic) bond motifs is 1. The topological polar surface area (TPSA) is 77.4 Å². The smallest absolute Gasteiger partial charge is 0.268 e. The van der Waals surface area contributed by atoms with Crippen molar-refractivity contribution < 1.29 is 14.3 Å². The van der Waals surface area contributed by atoms with E-state index in [-0.39, 0.29) is 11.3 Å². The molecular weight excluding hydrogens is 344 g/mol. The van der Waals surface area contributed by atoms with Gasteiger partial charge in [0.1, 0.15) is 5.56 Å². The van der Waals surface area contributed by atoms with Crippen LogP contribution in [0.4, 0.5) is 0 Å². The first-order valence-electron chi connectivity index (χ1n) is 9.19. The maximum absolute atomic E-state index is 13.1. The van der Waals surface area contributed by atoms with Crippen LogP contribution in [0.25, 0.3) is 5.69 Å². The second-order valence-electron chi connectivity index (χ2n) is 6.77. The Labute approximate surface area is 158 Å². The minimum absolute atomic E-state index is 0.00184. The molecule has 2 aromatic rings. The fourth-order valence-corrected chi connectivity index (χ4v) is 3.34. The zero-order valence-electron chi connectivity index (χ0n) is 15.7. The standard InChI is InChI=1S/C21H24N2O4/c1-14-7-9-15(10-8-14)23-18-5-3-6-19(24)16(18)13-17(21(23)26)20(25)22-11-4-12-27-2/h7-10,13H,3-6,11-12H2,1-2H3,(H,22,25). The van der Waals surface area contributed by atoms with Crippen LogP contribution in [-0.2, 0) is 11.2 Å². The van der Waals surface area contributed by atoms with Gasteiger partial charge in [0.2, 0.25) is 0 Å². The fourth-order valence-electron chi connectivity index (χ4n) is 3.34. The number of pyridine rings is 1. The first-order chi connectivity index (χ1) is 13.0. The van der Waals surface area contributed by atoms with Crippen LogP contribution in [0.15, 0.2) is 35.1 Å². The number of carbonyl (C=O) groups excluding carboxylic acids is 2. The van der Waals surface area contributed by atoms with Crippen molar-refractivity contribution in [1.29, 1.82) is 0 Å². The number of hydrogen-bond acceptors (Lipinski definition) is 4. The molecule has 142 valence electrons. The number of nitrogens with zero attached hydrogens (tertiary/aromatic N) is 1. The third-order valence-corrected chi connectivity index (χ3v) is 4.77. The van der Waals surface area contributed by atoms with Gasteiger partial charge in [0.25, 0.3) is 11.5 Å². The molecule has 1 heterocycles. The van der Waals surface area contributed by atoms with E-state index in [1.165, 1.54) is 10.6 Å². The van der Waals surface area contributed by atoms with E-state index in [9.17, 15) is 14.4 Å². The Morgan fingerprint density at radius 2 is 1.93 bits per heavy atom. The summed E-state index contributed by atoms with van der Waals surface area (Å²) in [5.74, 6) is -0.483. The Morgan fingerprint density at radius 1 is 1.19 bits per heavy atom. The van der Waals surface area contributed by atoms with E-state index in [1.807, 2.05) is 31.2 Å². The van der Waals surface area contributed by atoms with Gasteiger partial charge in [0, 0.05) is 43.6 Å². The largest absolute Gasteiger partial charge is 0.385 e. The van der Waals surface area contributed by atoms with Crippen molar-refractivity contribution in [3.63, 3.8) is 0 Å². The summed E-state index contributed by atoms with van der Waals surface area (Å²) >= 11 is 0. The molecule has 0 unspecified atom stereocenters. The van der Waals surface area contributed by atoms with Crippen LogP contribution in [0.3, 0.4) is 0 Å². The minimum Gasteiger partial charge on any atom is -0.385 e. The summed E-state index contributed by atoms with van der Waals surface area (Å²) in [6.45, 7) is 2.90. The molecule has 1 N–H and O–H groups in total. The molecular formula is C21H24N2O4. The van der Waals surface area contributed by atoms with Gasteiger partial charge in [-0.2, -0.15) is 0 Å². The van der Waals surface area contributed by atoms with Crippen molar-refractivity contribution >= 4 is 11.7 Å². The molecule has 0 radical (unpaired) electrons. The van der Waals surface area contributed by atoms with Crippen molar-refractivity contribution in [3.05, 3.63) is 63.1 Å². The van der Waals surface area contributed by atoms with Gasteiger partial charge in [-0.3, -0.25) is 19.0 Å². The van der Waals surface area contributed by atoms with Gasteiger partial charge in [-0.25, -0.2) is 0 Å².